The molecule has 1 heterocycles. The molecule has 0 saturated carbocycles. The van der Waals surface area contributed by atoms with E-state index in [1.54, 1.807) is 0 Å². The van der Waals surface area contributed by atoms with Crippen LogP contribution in [0.5, 0.6) is 11.5 Å². The molecule has 0 N–H and O–H groups in total. The van der Waals surface area contributed by atoms with Gasteiger partial charge in [-0.25, -0.2) is 18.1 Å². The molecule has 0 bridgehead atoms. The molecule has 0 spiro atoms. The van der Waals surface area contributed by atoms with Crippen molar-refractivity contribution < 1.29 is 40.7 Å². The van der Waals surface area contributed by atoms with E-state index in [0.29, 0.717) is 12.1 Å². The Hall–Kier alpha value is -2.34. The number of rotatable bonds is 5. The molecule has 1 atom stereocenters. The van der Waals surface area contributed by atoms with Crippen LogP contribution in [0.4, 0.5) is 32.0 Å². The third-order valence-corrected chi connectivity index (χ3v) is 5.43. The number of hydrogen-bond acceptors (Lipinski definition) is 3. The number of alkyl halides is 6. The van der Waals surface area contributed by atoms with Crippen LogP contribution in [0.15, 0.2) is 57.5 Å². The second-order valence-electron chi connectivity index (χ2n) is 6.22. The first kappa shape index (κ1) is 23.3. The molecule has 1 aliphatic rings. The number of amides is 2. The molecule has 1 unspecified atom stereocenters. The van der Waals surface area contributed by atoms with E-state index in [1.165, 1.54) is 24.3 Å². The van der Waals surface area contributed by atoms with E-state index in [4.69, 9.17) is 4.74 Å². The lowest BCUT2D eigenvalue weighted by Crippen LogP contribution is -2.44. The summed E-state index contributed by atoms with van der Waals surface area (Å²) in [6, 6.07) is 6.63. The topological polar surface area (TPSA) is 46.6 Å². The molecule has 0 aliphatic carbocycles. The van der Waals surface area contributed by atoms with Gasteiger partial charge >= 0.3 is 6.18 Å². The quantitative estimate of drug-likeness (QED) is 0.307. The predicted molar refractivity (Wildman–Crippen MR) is 105 cm³/mol. The second-order valence-corrected chi connectivity index (χ2v) is 7.93. The SMILES string of the molecule is O=C1C=CC(=O)N1c1ccc(Oc2c(Br)cc(C(F)(C(F)F)C(F)(F)F)cc2Br)cc1. The zero-order chi connectivity index (χ0) is 23.1. The molecule has 164 valence electrons. The fourth-order valence-corrected chi connectivity index (χ4v) is 4.06. The van der Waals surface area contributed by atoms with Crippen molar-refractivity contribution in [2.75, 3.05) is 4.90 Å². The number of ether oxygens (including phenoxy) is 1. The molecule has 1 aliphatic heterocycles. The number of carbonyl (C=O) groups excluding carboxylic acids is 2. The van der Waals surface area contributed by atoms with Crippen molar-refractivity contribution in [1.82, 2.24) is 0 Å². The highest BCUT2D eigenvalue weighted by atomic mass is 79.9. The average Bonchev–Trinajstić information content (AvgIpc) is 3.01. The van der Waals surface area contributed by atoms with E-state index in [0.717, 1.165) is 17.1 Å². The Balaban J connectivity index is 1.90. The van der Waals surface area contributed by atoms with Gasteiger partial charge in [-0.05, 0) is 68.3 Å². The van der Waals surface area contributed by atoms with Gasteiger partial charge in [0, 0.05) is 17.7 Å². The van der Waals surface area contributed by atoms with Gasteiger partial charge in [0.1, 0.15) is 5.75 Å². The normalized spacial score (nSPS) is 16.2. The van der Waals surface area contributed by atoms with Gasteiger partial charge in [0.2, 0.25) is 0 Å². The van der Waals surface area contributed by atoms with Crippen molar-refractivity contribution in [2.24, 2.45) is 0 Å². The Labute approximate surface area is 187 Å². The van der Waals surface area contributed by atoms with Crippen molar-refractivity contribution in [3.63, 3.8) is 0 Å². The van der Waals surface area contributed by atoms with Crippen LogP contribution in [0, 0.1) is 0 Å². The van der Waals surface area contributed by atoms with Crippen LogP contribution in [0.3, 0.4) is 0 Å². The van der Waals surface area contributed by atoms with E-state index in [1.807, 2.05) is 0 Å². The lowest BCUT2D eigenvalue weighted by molar-refractivity contribution is -0.274. The molecule has 0 radical (unpaired) electrons. The number of carbonyl (C=O) groups is 2. The lowest BCUT2D eigenvalue weighted by Gasteiger charge is -2.28. The first-order chi connectivity index (χ1) is 14.4. The molecule has 2 aromatic rings. The summed E-state index contributed by atoms with van der Waals surface area (Å²) in [6.07, 6.45) is -7.99. The first-order valence-electron chi connectivity index (χ1n) is 8.23. The van der Waals surface area contributed by atoms with Crippen molar-refractivity contribution in [3.05, 3.63) is 63.1 Å². The summed E-state index contributed by atoms with van der Waals surface area (Å²) in [6.45, 7) is 0. The fourth-order valence-electron chi connectivity index (χ4n) is 2.72. The number of halogens is 8. The van der Waals surface area contributed by atoms with Crippen LogP contribution in [0.2, 0.25) is 0 Å². The molecule has 0 fully saturated rings. The third-order valence-electron chi connectivity index (χ3n) is 4.26. The highest BCUT2D eigenvalue weighted by Gasteiger charge is 2.64. The van der Waals surface area contributed by atoms with Crippen molar-refractivity contribution in [1.29, 1.82) is 0 Å². The summed E-state index contributed by atoms with van der Waals surface area (Å²) in [4.78, 5) is 24.3. The van der Waals surface area contributed by atoms with Gasteiger partial charge in [-0.2, -0.15) is 13.2 Å². The van der Waals surface area contributed by atoms with Crippen LogP contribution in [-0.4, -0.2) is 24.4 Å². The van der Waals surface area contributed by atoms with Crippen LogP contribution >= 0.6 is 31.9 Å². The minimum atomic E-state index is -5.85. The van der Waals surface area contributed by atoms with Gasteiger partial charge in [-0.15, -0.1) is 0 Å². The second kappa shape index (κ2) is 8.30. The Kier molecular flexibility index (Phi) is 6.25. The minimum absolute atomic E-state index is 0.106. The van der Waals surface area contributed by atoms with Crippen LogP contribution in [-0.2, 0) is 15.3 Å². The molecule has 2 amide bonds. The number of imide groups is 1. The molecule has 12 heteroatoms. The maximum atomic E-state index is 14.3. The monoisotopic (exact) mass is 571 g/mol. The van der Waals surface area contributed by atoms with E-state index >= 15 is 0 Å². The zero-order valence-corrected chi connectivity index (χ0v) is 18.1. The van der Waals surface area contributed by atoms with Crippen LogP contribution in [0.25, 0.3) is 0 Å². The third kappa shape index (κ3) is 4.22. The van der Waals surface area contributed by atoms with E-state index in [-0.39, 0.29) is 26.1 Å². The molecule has 4 nitrogen and oxygen atoms in total. The van der Waals surface area contributed by atoms with Crippen molar-refractivity contribution >= 4 is 49.4 Å². The maximum absolute atomic E-state index is 14.3. The van der Waals surface area contributed by atoms with E-state index in [9.17, 15) is 35.9 Å². The molecule has 0 aromatic heterocycles. The van der Waals surface area contributed by atoms with Crippen molar-refractivity contribution in [2.45, 2.75) is 18.3 Å². The standard InChI is InChI=1S/C19H9Br2F6NO3/c20-12-7-9(18(24,17(22)23)19(25,26)27)8-13(21)16(12)31-11-3-1-10(2-4-11)28-14(29)5-6-15(28)30/h1-8,17H. The summed E-state index contributed by atoms with van der Waals surface area (Å²) in [7, 11) is 0. The summed E-state index contributed by atoms with van der Waals surface area (Å²) in [5.74, 6) is -1.03. The van der Waals surface area contributed by atoms with Gasteiger partial charge < -0.3 is 4.74 Å². The highest BCUT2D eigenvalue weighted by Crippen LogP contribution is 2.50. The van der Waals surface area contributed by atoms with Gasteiger partial charge in [0.25, 0.3) is 23.9 Å². The average molecular weight is 573 g/mol. The zero-order valence-electron chi connectivity index (χ0n) is 14.9. The summed E-state index contributed by atoms with van der Waals surface area (Å²) >= 11 is 5.82. The molecular formula is C19H9Br2F6NO3. The predicted octanol–water partition coefficient (Wildman–Crippen LogP) is 6.43. The Morgan fingerprint density at radius 1 is 0.871 bits per heavy atom. The number of benzene rings is 2. The molecule has 31 heavy (non-hydrogen) atoms. The Morgan fingerprint density at radius 3 is 1.77 bits per heavy atom. The number of hydrogen-bond donors (Lipinski definition) is 0. The number of nitrogens with zero attached hydrogens (tertiary/aromatic N) is 1. The van der Waals surface area contributed by atoms with Gasteiger partial charge in [0.15, 0.2) is 5.75 Å². The number of anilines is 1. The van der Waals surface area contributed by atoms with Gasteiger partial charge in [-0.3, -0.25) is 9.59 Å². The minimum Gasteiger partial charge on any atom is -0.455 e. The largest absolute Gasteiger partial charge is 0.455 e. The molecule has 2 aromatic carbocycles. The van der Waals surface area contributed by atoms with Crippen LogP contribution < -0.4 is 9.64 Å². The lowest BCUT2D eigenvalue weighted by atomic mass is 9.95. The molecule has 0 saturated heterocycles. The maximum Gasteiger partial charge on any atom is 0.432 e. The van der Waals surface area contributed by atoms with Gasteiger partial charge in [-0.1, -0.05) is 0 Å². The summed E-state index contributed by atoms with van der Waals surface area (Å²) in [5, 5.41) is 0. The smallest absolute Gasteiger partial charge is 0.432 e. The fraction of sp³-hybridized carbons (Fsp3) is 0.158. The van der Waals surface area contributed by atoms with Crippen LogP contribution in [0.1, 0.15) is 5.56 Å². The van der Waals surface area contributed by atoms with E-state index in [2.05, 4.69) is 31.9 Å². The Morgan fingerprint density at radius 2 is 1.35 bits per heavy atom. The molecular weight excluding hydrogens is 564 g/mol. The Bertz CT molecular complexity index is 1030. The summed E-state index contributed by atoms with van der Waals surface area (Å²) < 4.78 is 84.4. The highest BCUT2D eigenvalue weighted by molar-refractivity contribution is 9.11. The first-order valence-corrected chi connectivity index (χ1v) is 9.82. The van der Waals surface area contributed by atoms with Gasteiger partial charge in [0.05, 0.1) is 14.6 Å². The van der Waals surface area contributed by atoms with Crippen molar-refractivity contribution in [3.8, 4) is 11.5 Å². The summed E-state index contributed by atoms with van der Waals surface area (Å²) in [5.41, 5.74) is -5.93. The molecule has 3 rings (SSSR count). The van der Waals surface area contributed by atoms with E-state index < -0.39 is 35.6 Å².